The first-order valence-corrected chi connectivity index (χ1v) is 4.25. The topological polar surface area (TPSA) is 67.5 Å². The number of allylic oxidation sites excluding steroid dienone is 4. The summed E-state index contributed by atoms with van der Waals surface area (Å²) in [6.07, 6.45) is 9.13. The third-order valence-electron chi connectivity index (χ3n) is 2.25. The van der Waals surface area contributed by atoms with Crippen molar-refractivity contribution < 1.29 is 4.79 Å². The molecular weight excluding hydrogens is 166 g/mol. The number of hydrazone groups is 1. The largest absolute Gasteiger partial charge is 0.350 e. The van der Waals surface area contributed by atoms with Crippen LogP contribution < -0.4 is 11.2 Å². The highest BCUT2D eigenvalue weighted by Crippen LogP contribution is 2.42. The quantitative estimate of drug-likeness (QED) is 0.571. The van der Waals surface area contributed by atoms with Crippen LogP contribution in [0.5, 0.6) is 0 Å². The van der Waals surface area contributed by atoms with Crippen molar-refractivity contribution in [3.63, 3.8) is 0 Å². The molecule has 3 N–H and O–H groups in total. The van der Waals surface area contributed by atoms with Gasteiger partial charge < -0.3 is 5.73 Å². The van der Waals surface area contributed by atoms with Crippen LogP contribution in [0, 0.1) is 11.8 Å². The average Bonchev–Trinajstić information content (AvgIpc) is 2.79. The van der Waals surface area contributed by atoms with Gasteiger partial charge >= 0.3 is 6.03 Å². The van der Waals surface area contributed by atoms with Gasteiger partial charge in [-0.3, -0.25) is 0 Å². The molecule has 0 spiro atoms. The molecule has 0 bridgehead atoms. The molecule has 2 amide bonds. The number of hydrogen-bond donors (Lipinski definition) is 2. The minimum Gasteiger partial charge on any atom is -0.350 e. The molecule has 0 aromatic rings. The van der Waals surface area contributed by atoms with Gasteiger partial charge in [0.25, 0.3) is 0 Å². The van der Waals surface area contributed by atoms with Crippen LogP contribution in [0.25, 0.3) is 0 Å². The van der Waals surface area contributed by atoms with E-state index in [0.717, 1.165) is 12.1 Å². The Morgan fingerprint density at radius 2 is 2.46 bits per heavy atom. The van der Waals surface area contributed by atoms with Crippen LogP contribution in [0.2, 0.25) is 0 Å². The molecule has 0 radical (unpaired) electrons. The number of carbonyl (C=O) groups is 1. The van der Waals surface area contributed by atoms with E-state index in [-0.39, 0.29) is 0 Å². The number of rotatable bonds is 1. The summed E-state index contributed by atoms with van der Waals surface area (Å²) < 4.78 is 0. The first kappa shape index (κ1) is 8.04. The summed E-state index contributed by atoms with van der Waals surface area (Å²) in [5, 5.41) is 3.93. The van der Waals surface area contributed by atoms with E-state index < -0.39 is 6.03 Å². The van der Waals surface area contributed by atoms with E-state index in [1.807, 2.05) is 18.2 Å². The van der Waals surface area contributed by atoms with Gasteiger partial charge in [0.1, 0.15) is 0 Å². The number of nitrogens with zero attached hydrogens (tertiary/aromatic N) is 1. The molecule has 0 aliphatic heterocycles. The van der Waals surface area contributed by atoms with Crippen molar-refractivity contribution in [1.82, 2.24) is 5.43 Å². The van der Waals surface area contributed by atoms with E-state index in [9.17, 15) is 4.79 Å². The first-order valence-electron chi connectivity index (χ1n) is 4.25. The standard InChI is InChI=1S/C9H11N3O/c10-9(13)12-11-8-4-2-1-3-6-5-7(6)8/h1-4,6-7H,5H2,(H3,10,12,13)/b11-8+/t6-,7-/m0/s1. The monoisotopic (exact) mass is 177 g/mol. The number of primary amides is 1. The number of amides is 2. The summed E-state index contributed by atoms with van der Waals surface area (Å²) in [6.45, 7) is 0. The fourth-order valence-corrected chi connectivity index (χ4v) is 1.49. The molecule has 0 heterocycles. The van der Waals surface area contributed by atoms with Gasteiger partial charge in [0, 0.05) is 5.92 Å². The Labute approximate surface area is 76.2 Å². The number of fused-ring (bicyclic) bond motifs is 1. The number of urea groups is 1. The smallest absolute Gasteiger partial charge is 0.332 e. The molecule has 0 aromatic carbocycles. The van der Waals surface area contributed by atoms with Crippen molar-refractivity contribution in [2.24, 2.45) is 22.7 Å². The van der Waals surface area contributed by atoms with Crippen molar-refractivity contribution >= 4 is 11.7 Å². The maximum atomic E-state index is 10.4. The molecule has 68 valence electrons. The van der Waals surface area contributed by atoms with Gasteiger partial charge in [0.15, 0.2) is 0 Å². The summed E-state index contributed by atoms with van der Waals surface area (Å²) in [5.74, 6) is 1.07. The molecule has 1 fully saturated rings. The lowest BCUT2D eigenvalue weighted by atomic mass is 10.2. The Balaban J connectivity index is 2.07. The fraction of sp³-hybridized carbons (Fsp3) is 0.333. The third kappa shape index (κ3) is 1.77. The van der Waals surface area contributed by atoms with Crippen molar-refractivity contribution in [3.05, 3.63) is 24.3 Å². The van der Waals surface area contributed by atoms with Crippen LogP contribution in [0.3, 0.4) is 0 Å². The Kier molecular flexibility index (Phi) is 1.88. The Morgan fingerprint density at radius 3 is 3.23 bits per heavy atom. The van der Waals surface area contributed by atoms with Crippen LogP contribution in [0.15, 0.2) is 29.4 Å². The lowest BCUT2D eigenvalue weighted by molar-refractivity contribution is 0.249. The number of carbonyl (C=O) groups excluding carboxylic acids is 1. The molecule has 13 heavy (non-hydrogen) atoms. The molecule has 1 saturated carbocycles. The van der Waals surface area contributed by atoms with E-state index in [2.05, 4.69) is 16.6 Å². The zero-order chi connectivity index (χ0) is 9.26. The summed E-state index contributed by atoms with van der Waals surface area (Å²) in [5.41, 5.74) is 8.07. The van der Waals surface area contributed by atoms with Crippen molar-refractivity contribution in [1.29, 1.82) is 0 Å². The zero-order valence-electron chi connectivity index (χ0n) is 7.10. The predicted octanol–water partition coefficient (Wildman–Crippen LogP) is 0.773. The maximum Gasteiger partial charge on any atom is 0.332 e. The number of nitrogens with two attached hydrogens (primary N) is 1. The van der Waals surface area contributed by atoms with Crippen LogP contribution >= 0.6 is 0 Å². The van der Waals surface area contributed by atoms with Crippen molar-refractivity contribution in [2.45, 2.75) is 6.42 Å². The highest BCUT2D eigenvalue weighted by molar-refractivity contribution is 6.00. The van der Waals surface area contributed by atoms with Crippen LogP contribution in [0.4, 0.5) is 4.79 Å². The molecule has 0 aromatic heterocycles. The summed E-state index contributed by atoms with van der Waals surface area (Å²) in [7, 11) is 0. The van der Waals surface area contributed by atoms with Crippen LogP contribution in [0.1, 0.15) is 6.42 Å². The van der Waals surface area contributed by atoms with Gasteiger partial charge in [-0.15, -0.1) is 0 Å². The molecular formula is C9H11N3O. The van der Waals surface area contributed by atoms with Gasteiger partial charge in [-0.2, -0.15) is 5.10 Å². The molecule has 2 atom stereocenters. The zero-order valence-corrected chi connectivity index (χ0v) is 7.10. The van der Waals surface area contributed by atoms with Gasteiger partial charge in [-0.25, -0.2) is 10.2 Å². The van der Waals surface area contributed by atoms with E-state index >= 15 is 0 Å². The van der Waals surface area contributed by atoms with Gasteiger partial charge in [0.2, 0.25) is 0 Å². The number of nitrogens with one attached hydrogen (secondary N) is 1. The lowest BCUT2D eigenvalue weighted by Crippen LogP contribution is -2.25. The number of hydrogen-bond acceptors (Lipinski definition) is 2. The van der Waals surface area contributed by atoms with Crippen LogP contribution in [-0.2, 0) is 0 Å². The summed E-state index contributed by atoms with van der Waals surface area (Å²) >= 11 is 0. The second kappa shape index (κ2) is 3.05. The lowest BCUT2D eigenvalue weighted by Gasteiger charge is -1.97. The third-order valence-corrected chi connectivity index (χ3v) is 2.25. The Morgan fingerprint density at radius 1 is 1.62 bits per heavy atom. The first-order chi connectivity index (χ1) is 6.27. The molecule has 0 unspecified atom stereocenters. The fourth-order valence-electron chi connectivity index (χ4n) is 1.49. The van der Waals surface area contributed by atoms with E-state index in [4.69, 9.17) is 5.73 Å². The molecule has 4 nitrogen and oxygen atoms in total. The minimum atomic E-state index is -0.615. The normalized spacial score (nSPS) is 32.5. The molecule has 2 aliphatic rings. The predicted molar refractivity (Wildman–Crippen MR) is 50.0 cm³/mol. The van der Waals surface area contributed by atoms with Gasteiger partial charge in [-0.05, 0) is 18.4 Å². The van der Waals surface area contributed by atoms with E-state index in [0.29, 0.717) is 11.8 Å². The Bertz CT molecular complexity index is 317. The summed E-state index contributed by atoms with van der Waals surface area (Å²) in [4.78, 5) is 10.4. The Hall–Kier alpha value is -1.58. The van der Waals surface area contributed by atoms with Crippen molar-refractivity contribution in [3.8, 4) is 0 Å². The second-order valence-electron chi connectivity index (χ2n) is 3.26. The minimum absolute atomic E-state index is 0.474. The maximum absolute atomic E-state index is 10.4. The average molecular weight is 177 g/mol. The van der Waals surface area contributed by atoms with Gasteiger partial charge in [-0.1, -0.05) is 18.2 Å². The van der Waals surface area contributed by atoms with Crippen molar-refractivity contribution in [2.75, 3.05) is 0 Å². The second-order valence-corrected chi connectivity index (χ2v) is 3.26. The molecule has 4 heteroatoms. The van der Waals surface area contributed by atoms with Gasteiger partial charge in [0.05, 0.1) is 5.71 Å². The highest BCUT2D eigenvalue weighted by atomic mass is 16.2. The van der Waals surface area contributed by atoms with Crippen LogP contribution in [-0.4, -0.2) is 11.7 Å². The molecule has 0 saturated heterocycles. The molecule has 2 rings (SSSR count). The van der Waals surface area contributed by atoms with E-state index in [1.165, 1.54) is 0 Å². The summed E-state index contributed by atoms with van der Waals surface area (Å²) in [6, 6.07) is -0.615. The highest BCUT2D eigenvalue weighted by Gasteiger charge is 2.38. The van der Waals surface area contributed by atoms with E-state index in [1.54, 1.807) is 0 Å². The molecule has 2 aliphatic carbocycles. The SMILES string of the molecule is NC(=O)N/N=C1\C=CC=C[C@H]2C[C@H]12.